The molecular formula is C83H96N14O7. The summed E-state index contributed by atoms with van der Waals surface area (Å²) < 4.78 is 15.0. The summed E-state index contributed by atoms with van der Waals surface area (Å²) in [6.45, 7) is 23.2. The van der Waals surface area contributed by atoms with Gasteiger partial charge in [0.15, 0.2) is 11.3 Å². The van der Waals surface area contributed by atoms with Crippen LogP contribution in [0.3, 0.4) is 0 Å². The molecule has 3 saturated heterocycles. The zero-order chi connectivity index (χ0) is 72.6. The summed E-state index contributed by atoms with van der Waals surface area (Å²) in [5, 5.41) is 30.8. The van der Waals surface area contributed by atoms with E-state index in [1.807, 2.05) is 72.0 Å². The van der Waals surface area contributed by atoms with E-state index in [1.165, 1.54) is 16.7 Å². The Labute approximate surface area is 608 Å². The Bertz CT molecular complexity index is 4720. The van der Waals surface area contributed by atoms with E-state index in [0.29, 0.717) is 86.6 Å². The molecular weight excluding hydrogens is 1310 g/mol. The topological polar surface area (TPSA) is 244 Å². The van der Waals surface area contributed by atoms with Crippen LogP contribution in [-0.4, -0.2) is 141 Å². The van der Waals surface area contributed by atoms with Crippen molar-refractivity contribution in [3.63, 3.8) is 0 Å². The van der Waals surface area contributed by atoms with Crippen molar-refractivity contribution in [1.82, 2.24) is 60.6 Å². The second-order valence-electron chi connectivity index (χ2n) is 27.2. The van der Waals surface area contributed by atoms with Gasteiger partial charge in [-0.05, 0) is 184 Å². The molecule has 4 amide bonds. The lowest BCUT2D eigenvalue weighted by Gasteiger charge is -2.32. The zero-order valence-electron chi connectivity index (χ0n) is 60.9. The predicted octanol–water partition coefficient (Wildman–Crippen LogP) is 12.4. The number of carbonyl (C=O) groups is 5. The first kappa shape index (κ1) is 73.3. The molecule has 0 spiro atoms. The van der Waals surface area contributed by atoms with Crippen LogP contribution in [0.25, 0.3) is 44.3 Å². The first-order valence-electron chi connectivity index (χ1n) is 36.7. The molecule has 6 N–H and O–H groups in total. The van der Waals surface area contributed by atoms with E-state index in [9.17, 15) is 24.0 Å². The Hall–Kier alpha value is -10.5. The van der Waals surface area contributed by atoms with Crippen molar-refractivity contribution < 1.29 is 33.4 Å². The molecule has 0 radical (unpaired) electrons. The van der Waals surface area contributed by atoms with Crippen molar-refractivity contribution >= 4 is 63.4 Å². The van der Waals surface area contributed by atoms with Crippen molar-refractivity contribution in [2.75, 3.05) is 70.3 Å². The molecule has 104 heavy (non-hydrogen) atoms. The number of fused-ring (bicyclic) bond motifs is 2. The minimum atomic E-state index is -0.279. The summed E-state index contributed by atoms with van der Waals surface area (Å²) in [5.41, 5.74) is 19.4. The summed E-state index contributed by atoms with van der Waals surface area (Å²) in [6, 6.07) is 42.8. The number of hydrogen-bond donors (Lipinski definition) is 6. The molecule has 10 aromatic rings. The number of nitrogens with one attached hydrogen (secondary N) is 6. The molecule has 4 aromatic heterocycles. The molecule has 3 fully saturated rings. The number of rotatable bonds is 25. The third-order valence-electron chi connectivity index (χ3n) is 20.1. The molecule has 21 nitrogen and oxygen atoms in total. The first-order valence-corrected chi connectivity index (χ1v) is 36.7. The van der Waals surface area contributed by atoms with E-state index >= 15 is 0 Å². The number of aromatic nitrogens is 6. The van der Waals surface area contributed by atoms with Gasteiger partial charge in [0.25, 0.3) is 23.6 Å². The Kier molecular flexibility index (Phi) is 24.4. The summed E-state index contributed by atoms with van der Waals surface area (Å²) >= 11 is 0. The van der Waals surface area contributed by atoms with Gasteiger partial charge in [0.05, 0.1) is 34.5 Å². The second-order valence-corrected chi connectivity index (χ2v) is 27.2. The Balaban J connectivity index is 0.000000197. The molecule has 0 bridgehead atoms. The highest BCUT2D eigenvalue weighted by Crippen LogP contribution is 2.35. The molecule has 6 aromatic carbocycles. The summed E-state index contributed by atoms with van der Waals surface area (Å²) in [6.07, 6.45) is 9.56. The number of aldehydes is 1. The van der Waals surface area contributed by atoms with Gasteiger partial charge in [-0.15, -0.1) is 0 Å². The SMILES string of the molecule is CCc1nc2c(cnn2CC)c(NC2CCOCC2)c1CNC(=O)c1cccc(C(=O)NCc2ccc(C)c(-c3cccc(C=O)c3)c2)c1.CCc1nc2c(cnn2CC)c(NC2CCOCC2)c1CNC(=O)c1cccc(C(=O)NCc2ccc(C)c(-c3cccc(CN4CCN(C)CC4)c3)c2)c1. The number of carbonyl (C=O) groups excluding carboxylic acids is 5. The lowest BCUT2D eigenvalue weighted by molar-refractivity contribution is 0.0903. The smallest absolute Gasteiger partial charge is 0.251 e. The van der Waals surface area contributed by atoms with Crippen molar-refractivity contribution in [1.29, 1.82) is 0 Å². The van der Waals surface area contributed by atoms with Gasteiger partial charge in [0.1, 0.15) is 6.29 Å². The standard InChI is InChI=1S/C44H54N8O3.C39H42N6O4/c1-5-40-38(41(48-36-15-21-55-22-16-36)39-28-47-52(6-2)42(39)49-40)27-46-44(54)35-12-8-11-34(25-35)43(53)45-26-31-14-13-30(3)37(24-31)33-10-7-9-32(23-33)29-51-19-17-50(4)18-20-51;1-4-35-33(36(43-31-14-16-49-17-15-31)34-23-42-45(5-2)37(34)44-35)22-41-39(48)30-11-7-10-29(20-30)38(47)40-21-26-13-12-25(3)32(19-26)28-9-6-8-27(18-28)24-46/h7-14,23-25,28,36H,5-6,15-22,26-27,29H2,1-4H3,(H,45,53)(H,46,54)(H,48,49);6-13,18-20,23-24,31H,4-5,14-17,21-22H2,1-3H3,(H,40,47)(H,41,48)(H,43,44). The van der Waals surface area contributed by atoms with Crippen LogP contribution in [0, 0.1) is 13.8 Å². The molecule has 540 valence electrons. The largest absolute Gasteiger partial charge is 0.381 e. The van der Waals surface area contributed by atoms with Crippen LogP contribution in [-0.2, 0) is 68.1 Å². The van der Waals surface area contributed by atoms with Crippen LogP contribution in [0.15, 0.2) is 146 Å². The monoisotopic (exact) mass is 1400 g/mol. The number of nitrogens with zero attached hydrogens (tertiary/aromatic N) is 8. The first-order chi connectivity index (χ1) is 50.7. The Morgan fingerprint density at radius 3 is 1.35 bits per heavy atom. The number of benzene rings is 6. The van der Waals surface area contributed by atoms with Gasteiger partial charge in [-0.2, -0.15) is 10.2 Å². The van der Waals surface area contributed by atoms with Crippen molar-refractivity contribution in [3.05, 3.63) is 224 Å². The van der Waals surface area contributed by atoms with Crippen LogP contribution >= 0.6 is 0 Å². The zero-order valence-corrected chi connectivity index (χ0v) is 60.9. The maximum atomic E-state index is 13.6. The fourth-order valence-corrected chi connectivity index (χ4v) is 14.0. The van der Waals surface area contributed by atoms with E-state index in [-0.39, 0.29) is 42.3 Å². The molecule has 13 rings (SSSR count). The maximum absolute atomic E-state index is 13.6. The highest BCUT2D eigenvalue weighted by molar-refractivity contribution is 6.01. The lowest BCUT2D eigenvalue weighted by atomic mass is 9.96. The quantitative estimate of drug-likeness (QED) is 0.0291. The van der Waals surface area contributed by atoms with E-state index in [2.05, 4.69) is 129 Å². The van der Waals surface area contributed by atoms with Crippen LogP contribution in [0.2, 0.25) is 0 Å². The van der Waals surface area contributed by atoms with E-state index in [0.717, 1.165) is 167 Å². The predicted molar refractivity (Wildman–Crippen MR) is 409 cm³/mol. The maximum Gasteiger partial charge on any atom is 0.251 e. The van der Waals surface area contributed by atoms with E-state index in [4.69, 9.17) is 19.4 Å². The number of piperazine rings is 1. The number of anilines is 2. The van der Waals surface area contributed by atoms with Gasteiger partial charge in [0.2, 0.25) is 0 Å². The molecule has 0 saturated carbocycles. The molecule has 3 aliphatic heterocycles. The normalized spacial score (nSPS) is 14.5. The minimum Gasteiger partial charge on any atom is -0.381 e. The lowest BCUT2D eigenvalue weighted by Crippen LogP contribution is -2.43. The third-order valence-corrected chi connectivity index (χ3v) is 20.1. The highest BCUT2D eigenvalue weighted by atomic mass is 16.5. The van der Waals surface area contributed by atoms with Crippen molar-refractivity contribution in [2.45, 2.75) is 138 Å². The fourth-order valence-electron chi connectivity index (χ4n) is 14.0. The molecule has 3 aliphatic rings. The van der Waals surface area contributed by atoms with Crippen LogP contribution in [0.4, 0.5) is 11.4 Å². The average Bonchev–Trinajstić information content (AvgIpc) is 1.55. The van der Waals surface area contributed by atoms with Crippen LogP contribution in [0.1, 0.15) is 156 Å². The fraction of sp³-hybridized carbons (Fsp3) is 0.361. The number of pyridine rings is 2. The highest BCUT2D eigenvalue weighted by Gasteiger charge is 2.26. The third kappa shape index (κ3) is 17.8. The van der Waals surface area contributed by atoms with Crippen LogP contribution in [0.5, 0.6) is 0 Å². The summed E-state index contributed by atoms with van der Waals surface area (Å²) in [5.74, 6) is -1.04. The Morgan fingerprint density at radius 1 is 0.490 bits per heavy atom. The van der Waals surface area contributed by atoms with Crippen molar-refractivity contribution in [2.24, 2.45) is 0 Å². The second kappa shape index (κ2) is 34.7. The number of likely N-dealkylation sites (N-methyl/N-ethyl adjacent to an activating group) is 1. The molecule has 0 unspecified atom stereocenters. The molecule has 7 heterocycles. The summed E-state index contributed by atoms with van der Waals surface area (Å²) in [7, 11) is 2.18. The summed E-state index contributed by atoms with van der Waals surface area (Å²) in [4.78, 5) is 79.9. The van der Waals surface area contributed by atoms with E-state index < -0.39 is 0 Å². The van der Waals surface area contributed by atoms with Gasteiger partial charge < -0.3 is 46.3 Å². The van der Waals surface area contributed by atoms with Gasteiger partial charge in [-0.1, -0.05) is 86.6 Å². The number of aryl methyl sites for hydroxylation is 6. The number of ether oxygens (including phenoxy) is 2. The molecule has 0 aliphatic carbocycles. The van der Waals surface area contributed by atoms with E-state index in [1.54, 1.807) is 54.6 Å². The minimum absolute atomic E-state index is 0.232. The van der Waals surface area contributed by atoms with Gasteiger partial charge in [-0.25, -0.2) is 19.3 Å². The molecule has 21 heteroatoms. The van der Waals surface area contributed by atoms with Crippen LogP contribution < -0.4 is 31.9 Å². The average molecular weight is 1400 g/mol. The van der Waals surface area contributed by atoms with Gasteiger partial charge in [-0.3, -0.25) is 28.9 Å². The Morgan fingerprint density at radius 2 is 0.913 bits per heavy atom. The van der Waals surface area contributed by atoms with Gasteiger partial charge >= 0.3 is 0 Å². The number of amides is 4. The van der Waals surface area contributed by atoms with Crippen molar-refractivity contribution in [3.8, 4) is 22.3 Å². The molecule has 0 atom stereocenters. The number of hydrogen-bond acceptors (Lipinski definition) is 15. The van der Waals surface area contributed by atoms with Gasteiger partial charge in [0, 0.05) is 161 Å².